The lowest BCUT2D eigenvalue weighted by atomic mass is 9.99. The number of aromatic nitrogens is 2. The Morgan fingerprint density at radius 3 is 2.76 bits per heavy atom. The summed E-state index contributed by atoms with van der Waals surface area (Å²) >= 11 is 0. The molecule has 0 spiro atoms. The van der Waals surface area contributed by atoms with Gasteiger partial charge in [0.1, 0.15) is 0 Å². The lowest BCUT2D eigenvalue weighted by molar-refractivity contribution is 0.345. The fraction of sp³-hybridized carbons (Fsp3) is 0.619. The molecule has 1 aromatic heterocycles. The van der Waals surface area contributed by atoms with Gasteiger partial charge in [-0.3, -0.25) is 0 Å². The highest BCUT2D eigenvalue weighted by atomic mass is 16.5. The molecule has 1 aliphatic rings. The van der Waals surface area contributed by atoms with Gasteiger partial charge in [-0.1, -0.05) is 56.3 Å². The smallest absolute Gasteiger partial charge is 0.244 e. The Hall–Kier alpha value is -1.68. The highest BCUT2D eigenvalue weighted by Crippen LogP contribution is 2.25. The summed E-state index contributed by atoms with van der Waals surface area (Å²) in [6.45, 7) is 5.49. The van der Waals surface area contributed by atoms with Crippen LogP contribution in [0.5, 0.6) is 0 Å². The van der Waals surface area contributed by atoms with Gasteiger partial charge in [0.05, 0.1) is 6.04 Å². The van der Waals surface area contributed by atoms with Crippen molar-refractivity contribution >= 4 is 0 Å². The summed E-state index contributed by atoms with van der Waals surface area (Å²) in [5.41, 5.74) is 3.83. The lowest BCUT2D eigenvalue weighted by Gasteiger charge is -2.07. The third-order valence-electron chi connectivity index (χ3n) is 5.20. The van der Waals surface area contributed by atoms with Crippen molar-refractivity contribution < 1.29 is 4.52 Å². The quantitative estimate of drug-likeness (QED) is 0.623. The molecule has 0 saturated carbocycles. The molecule has 4 nitrogen and oxygen atoms in total. The van der Waals surface area contributed by atoms with E-state index in [4.69, 9.17) is 4.52 Å². The van der Waals surface area contributed by atoms with Gasteiger partial charge < -0.3 is 9.84 Å². The number of aryl methyl sites for hydroxylation is 2. The molecule has 1 aromatic carbocycles. The molecule has 1 saturated heterocycles. The summed E-state index contributed by atoms with van der Waals surface area (Å²) in [5, 5.41) is 7.58. The van der Waals surface area contributed by atoms with Crippen molar-refractivity contribution in [3.8, 4) is 11.4 Å². The molecule has 1 fully saturated rings. The minimum atomic E-state index is 0.231. The Morgan fingerprint density at radius 1 is 1.16 bits per heavy atom. The van der Waals surface area contributed by atoms with Crippen LogP contribution in [0.3, 0.4) is 0 Å². The van der Waals surface area contributed by atoms with Crippen molar-refractivity contribution in [2.45, 2.75) is 77.7 Å². The largest absolute Gasteiger partial charge is 0.337 e. The van der Waals surface area contributed by atoms with Crippen LogP contribution in [0.2, 0.25) is 0 Å². The van der Waals surface area contributed by atoms with Gasteiger partial charge in [-0.2, -0.15) is 4.98 Å². The van der Waals surface area contributed by atoms with Crippen LogP contribution in [0.1, 0.15) is 81.3 Å². The van der Waals surface area contributed by atoms with Crippen LogP contribution in [0, 0.1) is 6.92 Å². The van der Waals surface area contributed by atoms with Crippen molar-refractivity contribution in [1.82, 2.24) is 15.5 Å². The lowest BCUT2D eigenvalue weighted by Crippen LogP contribution is -2.12. The number of benzene rings is 1. The Kier molecular flexibility index (Phi) is 6.62. The predicted octanol–water partition coefficient (Wildman–Crippen LogP) is 5.37. The van der Waals surface area contributed by atoms with Crippen molar-refractivity contribution in [1.29, 1.82) is 0 Å². The minimum Gasteiger partial charge on any atom is -0.337 e. The van der Waals surface area contributed by atoms with Gasteiger partial charge in [0.25, 0.3) is 0 Å². The van der Waals surface area contributed by atoms with E-state index in [1.165, 1.54) is 62.5 Å². The van der Waals surface area contributed by atoms with Gasteiger partial charge in [-0.15, -0.1) is 0 Å². The summed E-state index contributed by atoms with van der Waals surface area (Å²) in [4.78, 5) is 4.60. The number of nitrogens with zero attached hydrogens (tertiary/aromatic N) is 2. The first-order chi connectivity index (χ1) is 12.3. The van der Waals surface area contributed by atoms with E-state index in [9.17, 15) is 0 Å². The highest BCUT2D eigenvalue weighted by Gasteiger charge is 2.22. The third kappa shape index (κ3) is 4.91. The first-order valence-corrected chi connectivity index (χ1v) is 9.95. The fourth-order valence-electron chi connectivity index (χ4n) is 3.60. The Balaban J connectivity index is 1.56. The van der Waals surface area contributed by atoms with Crippen molar-refractivity contribution in [3.05, 3.63) is 35.2 Å². The first kappa shape index (κ1) is 18.1. The SMILES string of the molecule is CCCCCCCCc1ccc(-c2noc([C@@H]3CCCN3)n2)cc1C. The monoisotopic (exact) mass is 341 g/mol. The molecule has 4 heteroatoms. The van der Waals surface area contributed by atoms with Crippen LogP contribution in [-0.4, -0.2) is 16.7 Å². The van der Waals surface area contributed by atoms with Crippen molar-refractivity contribution in [3.63, 3.8) is 0 Å². The molecular weight excluding hydrogens is 310 g/mol. The summed E-state index contributed by atoms with van der Waals surface area (Å²) in [7, 11) is 0. The zero-order chi connectivity index (χ0) is 17.5. The maximum absolute atomic E-state index is 5.46. The molecule has 0 aliphatic carbocycles. The average Bonchev–Trinajstić information content (AvgIpc) is 3.30. The van der Waals surface area contributed by atoms with Crippen LogP contribution in [0.15, 0.2) is 22.7 Å². The second-order valence-electron chi connectivity index (χ2n) is 7.26. The standard InChI is InChI=1S/C21H31N3O/c1-3-4-5-6-7-8-10-17-12-13-18(15-16(17)2)20-23-21(25-24-20)19-11-9-14-22-19/h12-13,15,19,22H,3-11,14H2,1-2H3/t19-/m0/s1. The van der Waals surface area contributed by atoms with E-state index >= 15 is 0 Å². The fourth-order valence-corrected chi connectivity index (χ4v) is 3.60. The normalized spacial score (nSPS) is 17.3. The average molecular weight is 341 g/mol. The van der Waals surface area contributed by atoms with Gasteiger partial charge in [0.2, 0.25) is 11.7 Å². The number of rotatable bonds is 9. The predicted molar refractivity (Wildman–Crippen MR) is 102 cm³/mol. The van der Waals surface area contributed by atoms with Gasteiger partial charge in [-0.05, 0) is 56.3 Å². The molecular formula is C21H31N3O. The topological polar surface area (TPSA) is 51.0 Å². The number of hydrogen-bond donors (Lipinski definition) is 1. The molecule has 1 atom stereocenters. The zero-order valence-corrected chi connectivity index (χ0v) is 15.7. The molecule has 136 valence electrons. The summed E-state index contributed by atoms with van der Waals surface area (Å²) in [5.74, 6) is 1.43. The van der Waals surface area contributed by atoms with E-state index < -0.39 is 0 Å². The van der Waals surface area contributed by atoms with E-state index in [2.05, 4.69) is 47.5 Å². The molecule has 0 radical (unpaired) electrons. The third-order valence-corrected chi connectivity index (χ3v) is 5.20. The number of hydrogen-bond acceptors (Lipinski definition) is 4. The van der Waals surface area contributed by atoms with Crippen LogP contribution in [-0.2, 0) is 6.42 Å². The maximum atomic E-state index is 5.46. The Morgan fingerprint density at radius 2 is 2.00 bits per heavy atom. The molecule has 25 heavy (non-hydrogen) atoms. The molecule has 1 aliphatic heterocycles. The molecule has 0 unspecified atom stereocenters. The molecule has 0 amide bonds. The summed E-state index contributed by atoms with van der Waals surface area (Å²) < 4.78 is 5.46. The number of nitrogens with one attached hydrogen (secondary N) is 1. The molecule has 0 bridgehead atoms. The van der Waals surface area contributed by atoms with Gasteiger partial charge in [-0.25, -0.2) is 0 Å². The second kappa shape index (κ2) is 9.14. The van der Waals surface area contributed by atoms with Crippen LogP contribution in [0.25, 0.3) is 11.4 Å². The Bertz CT molecular complexity index is 659. The van der Waals surface area contributed by atoms with Crippen molar-refractivity contribution in [2.24, 2.45) is 0 Å². The zero-order valence-electron chi connectivity index (χ0n) is 15.7. The van der Waals surface area contributed by atoms with E-state index in [0.29, 0.717) is 5.82 Å². The minimum absolute atomic E-state index is 0.231. The first-order valence-electron chi connectivity index (χ1n) is 9.95. The summed E-state index contributed by atoms with van der Waals surface area (Å²) in [6, 6.07) is 6.80. The summed E-state index contributed by atoms with van der Waals surface area (Å²) in [6.07, 6.45) is 11.5. The molecule has 2 aromatic rings. The highest BCUT2D eigenvalue weighted by molar-refractivity contribution is 5.56. The van der Waals surface area contributed by atoms with Crippen molar-refractivity contribution in [2.75, 3.05) is 6.54 Å². The van der Waals surface area contributed by atoms with Gasteiger partial charge in [0, 0.05) is 5.56 Å². The Labute approximate surface area is 151 Å². The molecule has 3 rings (SSSR count). The van der Waals surface area contributed by atoms with Crippen LogP contribution < -0.4 is 5.32 Å². The molecule has 1 N–H and O–H groups in total. The second-order valence-corrected chi connectivity index (χ2v) is 7.26. The van der Waals surface area contributed by atoms with E-state index in [1.807, 2.05) is 0 Å². The maximum Gasteiger partial charge on any atom is 0.244 e. The van der Waals surface area contributed by atoms with Crippen LogP contribution >= 0.6 is 0 Å². The van der Waals surface area contributed by atoms with Gasteiger partial charge >= 0.3 is 0 Å². The molecule has 2 heterocycles. The van der Waals surface area contributed by atoms with E-state index in [0.717, 1.165) is 24.4 Å². The number of unbranched alkanes of at least 4 members (excludes halogenated alkanes) is 5. The van der Waals surface area contributed by atoms with E-state index in [1.54, 1.807) is 0 Å². The van der Waals surface area contributed by atoms with Crippen LogP contribution in [0.4, 0.5) is 0 Å². The van der Waals surface area contributed by atoms with Gasteiger partial charge in [0.15, 0.2) is 0 Å². The van der Waals surface area contributed by atoms with E-state index in [-0.39, 0.29) is 6.04 Å².